The lowest BCUT2D eigenvalue weighted by molar-refractivity contribution is 0.195. The van der Waals surface area contributed by atoms with Crippen LogP contribution in [-0.4, -0.2) is 23.2 Å². The molecule has 1 atom stereocenters. The molecule has 0 bridgehead atoms. The minimum absolute atomic E-state index is 0.00466. The number of nitrogens with zero attached hydrogens (tertiary/aromatic N) is 1. The number of aromatic nitrogens is 1. The highest BCUT2D eigenvalue weighted by molar-refractivity contribution is 9.10. The zero-order valence-electron chi connectivity index (χ0n) is 11.5. The largest absolute Gasteiger partial charge is 0.395 e. The number of aryl methyl sites for hydroxylation is 1. The van der Waals surface area contributed by atoms with Crippen LogP contribution in [0.1, 0.15) is 16.8 Å². The van der Waals surface area contributed by atoms with Crippen molar-refractivity contribution in [1.82, 2.24) is 4.98 Å². The summed E-state index contributed by atoms with van der Waals surface area (Å²) >= 11 is 3.38. The van der Waals surface area contributed by atoms with E-state index in [-0.39, 0.29) is 6.61 Å². The molecule has 0 aliphatic heterocycles. The van der Waals surface area contributed by atoms with Gasteiger partial charge in [0.2, 0.25) is 0 Å². The van der Waals surface area contributed by atoms with Crippen LogP contribution in [0, 0.1) is 6.92 Å². The molecular formula is C16H19BrN2O. The van der Waals surface area contributed by atoms with Gasteiger partial charge in [0.1, 0.15) is 0 Å². The molecule has 1 heterocycles. The summed E-state index contributed by atoms with van der Waals surface area (Å²) in [6, 6.07) is 12.1. The number of pyridine rings is 1. The molecule has 0 radical (unpaired) electrons. The Balaban J connectivity index is 2.36. The highest BCUT2D eigenvalue weighted by atomic mass is 79.9. The van der Waals surface area contributed by atoms with Crippen LogP contribution >= 0.6 is 15.9 Å². The molecule has 1 unspecified atom stereocenters. The fraction of sp³-hybridized carbons (Fsp3) is 0.312. The van der Waals surface area contributed by atoms with Crippen molar-refractivity contribution >= 4 is 15.9 Å². The number of rotatable bonds is 5. The lowest BCUT2D eigenvalue weighted by Gasteiger charge is -2.31. The Morgan fingerprint density at radius 2 is 2.10 bits per heavy atom. The number of halogens is 1. The zero-order valence-corrected chi connectivity index (χ0v) is 13.1. The monoisotopic (exact) mass is 334 g/mol. The Morgan fingerprint density at radius 3 is 2.65 bits per heavy atom. The van der Waals surface area contributed by atoms with E-state index in [2.05, 4.69) is 27.0 Å². The van der Waals surface area contributed by atoms with Gasteiger partial charge in [-0.25, -0.2) is 0 Å². The predicted molar refractivity (Wildman–Crippen MR) is 84.6 cm³/mol. The molecule has 0 saturated carbocycles. The predicted octanol–water partition coefficient (Wildman–Crippen LogP) is 2.58. The van der Waals surface area contributed by atoms with Gasteiger partial charge in [-0.3, -0.25) is 4.98 Å². The summed E-state index contributed by atoms with van der Waals surface area (Å²) in [5.41, 5.74) is 8.65. The fourth-order valence-corrected chi connectivity index (χ4v) is 2.57. The van der Waals surface area contributed by atoms with Gasteiger partial charge in [-0.1, -0.05) is 29.8 Å². The van der Waals surface area contributed by atoms with Crippen molar-refractivity contribution in [2.75, 3.05) is 13.2 Å². The van der Waals surface area contributed by atoms with Crippen LogP contribution < -0.4 is 5.73 Å². The first-order chi connectivity index (χ1) is 9.59. The molecule has 4 heteroatoms. The van der Waals surface area contributed by atoms with Crippen molar-refractivity contribution in [3.8, 4) is 0 Å². The Bertz CT molecular complexity index is 565. The zero-order chi connectivity index (χ0) is 14.6. The van der Waals surface area contributed by atoms with Gasteiger partial charge >= 0.3 is 0 Å². The van der Waals surface area contributed by atoms with E-state index in [1.165, 1.54) is 0 Å². The third-order valence-corrected chi connectivity index (χ3v) is 4.10. The van der Waals surface area contributed by atoms with E-state index in [9.17, 15) is 5.11 Å². The number of benzene rings is 1. The van der Waals surface area contributed by atoms with Crippen LogP contribution in [0.2, 0.25) is 0 Å². The summed E-state index contributed by atoms with van der Waals surface area (Å²) in [4.78, 5) is 4.39. The molecular weight excluding hydrogens is 316 g/mol. The van der Waals surface area contributed by atoms with Crippen LogP contribution in [0.25, 0.3) is 0 Å². The second-order valence-corrected chi connectivity index (χ2v) is 6.07. The van der Waals surface area contributed by atoms with E-state index in [1.54, 1.807) is 6.20 Å². The molecule has 0 spiro atoms. The Hall–Kier alpha value is -1.23. The molecule has 0 aliphatic rings. The van der Waals surface area contributed by atoms with Gasteiger partial charge in [0.05, 0.1) is 6.61 Å². The number of aliphatic hydroxyl groups is 1. The van der Waals surface area contributed by atoms with Crippen LogP contribution in [-0.2, 0) is 11.8 Å². The van der Waals surface area contributed by atoms with Crippen molar-refractivity contribution in [2.45, 2.75) is 18.8 Å². The summed E-state index contributed by atoms with van der Waals surface area (Å²) in [7, 11) is 0. The number of nitrogens with two attached hydrogens (primary N) is 1. The van der Waals surface area contributed by atoms with E-state index < -0.39 is 5.41 Å². The second-order valence-electron chi connectivity index (χ2n) is 5.16. The third-order valence-electron chi connectivity index (χ3n) is 3.63. The quantitative estimate of drug-likeness (QED) is 0.883. The summed E-state index contributed by atoms with van der Waals surface area (Å²) < 4.78 is 0.944. The highest BCUT2D eigenvalue weighted by Crippen LogP contribution is 2.28. The standard InChI is InChI=1S/C16H19BrN2O/c1-12-3-2-4-13(7-12)16(10-18,11-20)8-15-6-5-14(17)9-19-15/h2-7,9,20H,8,10-11,18H2,1H3. The maximum Gasteiger partial charge on any atom is 0.0543 e. The minimum atomic E-state index is -0.479. The van der Waals surface area contributed by atoms with Gasteiger partial charge in [0.15, 0.2) is 0 Å². The Labute approximate surface area is 128 Å². The first kappa shape index (κ1) is 15.2. The van der Waals surface area contributed by atoms with Crippen molar-refractivity contribution in [3.05, 3.63) is 63.9 Å². The molecule has 0 amide bonds. The van der Waals surface area contributed by atoms with Crippen molar-refractivity contribution < 1.29 is 5.11 Å². The van der Waals surface area contributed by atoms with Crippen LogP contribution in [0.5, 0.6) is 0 Å². The fourth-order valence-electron chi connectivity index (χ4n) is 2.34. The lowest BCUT2D eigenvalue weighted by Crippen LogP contribution is -2.41. The molecule has 0 saturated heterocycles. The van der Waals surface area contributed by atoms with E-state index in [4.69, 9.17) is 5.73 Å². The molecule has 3 nitrogen and oxygen atoms in total. The van der Waals surface area contributed by atoms with Gasteiger partial charge in [-0.2, -0.15) is 0 Å². The lowest BCUT2D eigenvalue weighted by atomic mass is 9.77. The van der Waals surface area contributed by atoms with Gasteiger partial charge in [0, 0.05) is 34.7 Å². The van der Waals surface area contributed by atoms with E-state index in [1.807, 2.05) is 37.3 Å². The smallest absolute Gasteiger partial charge is 0.0543 e. The second kappa shape index (κ2) is 6.48. The molecule has 1 aromatic heterocycles. The molecule has 1 aromatic carbocycles. The van der Waals surface area contributed by atoms with Crippen LogP contribution in [0.3, 0.4) is 0 Å². The molecule has 106 valence electrons. The van der Waals surface area contributed by atoms with Crippen molar-refractivity contribution in [1.29, 1.82) is 0 Å². The summed E-state index contributed by atoms with van der Waals surface area (Å²) in [5.74, 6) is 0. The first-order valence-corrected chi connectivity index (χ1v) is 7.37. The number of aliphatic hydroxyl groups excluding tert-OH is 1. The van der Waals surface area contributed by atoms with Crippen LogP contribution in [0.4, 0.5) is 0 Å². The Morgan fingerprint density at radius 1 is 1.30 bits per heavy atom. The third kappa shape index (κ3) is 3.26. The molecule has 0 aliphatic carbocycles. The van der Waals surface area contributed by atoms with E-state index >= 15 is 0 Å². The highest BCUT2D eigenvalue weighted by Gasteiger charge is 2.31. The van der Waals surface area contributed by atoms with E-state index in [0.29, 0.717) is 13.0 Å². The average molecular weight is 335 g/mol. The van der Waals surface area contributed by atoms with E-state index in [0.717, 1.165) is 21.3 Å². The summed E-state index contributed by atoms with van der Waals surface area (Å²) in [5, 5.41) is 9.92. The molecule has 2 aromatic rings. The van der Waals surface area contributed by atoms with Crippen LogP contribution in [0.15, 0.2) is 47.1 Å². The van der Waals surface area contributed by atoms with Gasteiger partial charge in [-0.05, 0) is 40.5 Å². The maximum absolute atomic E-state index is 9.92. The van der Waals surface area contributed by atoms with Crippen molar-refractivity contribution in [3.63, 3.8) is 0 Å². The number of hydrogen-bond acceptors (Lipinski definition) is 3. The topological polar surface area (TPSA) is 59.1 Å². The minimum Gasteiger partial charge on any atom is -0.395 e. The Kier molecular flexibility index (Phi) is 4.91. The molecule has 3 N–H and O–H groups in total. The van der Waals surface area contributed by atoms with Crippen molar-refractivity contribution in [2.24, 2.45) is 5.73 Å². The molecule has 0 fully saturated rings. The molecule has 20 heavy (non-hydrogen) atoms. The average Bonchev–Trinajstić information content (AvgIpc) is 2.47. The maximum atomic E-state index is 9.92. The molecule has 2 rings (SSSR count). The normalized spacial score (nSPS) is 14.0. The first-order valence-electron chi connectivity index (χ1n) is 6.58. The number of hydrogen-bond donors (Lipinski definition) is 2. The SMILES string of the molecule is Cc1cccc(C(CN)(CO)Cc2ccc(Br)cn2)c1. The van der Waals surface area contributed by atoms with Gasteiger partial charge in [-0.15, -0.1) is 0 Å². The van der Waals surface area contributed by atoms with Gasteiger partial charge < -0.3 is 10.8 Å². The summed E-state index contributed by atoms with van der Waals surface area (Å²) in [6.07, 6.45) is 2.39. The van der Waals surface area contributed by atoms with Gasteiger partial charge in [0.25, 0.3) is 0 Å². The summed E-state index contributed by atoms with van der Waals surface area (Å²) in [6.45, 7) is 2.43.